The highest BCUT2D eigenvalue weighted by Crippen LogP contribution is 2.27. The van der Waals surface area contributed by atoms with E-state index in [2.05, 4.69) is 5.32 Å². The smallest absolute Gasteiger partial charge is 0.250 e. The minimum Gasteiger partial charge on any atom is -0.495 e. The molecular weight excluding hydrogens is 258 g/mol. The molecule has 5 nitrogen and oxygen atoms in total. The van der Waals surface area contributed by atoms with E-state index in [9.17, 15) is 4.79 Å². The standard InChI is InChI=1S/C12H16ClNO4/c1-16-5-6-18-8-12(15)14-10-7-9(13)3-4-11(10)17-2/h3-4,7H,5-6,8H2,1-2H3,(H,14,15). The molecule has 0 aliphatic rings. The molecular formula is C12H16ClNO4. The van der Waals surface area contributed by atoms with Gasteiger partial charge in [0.2, 0.25) is 5.91 Å². The van der Waals surface area contributed by atoms with Crippen LogP contribution in [0.5, 0.6) is 5.75 Å². The van der Waals surface area contributed by atoms with E-state index in [0.717, 1.165) is 0 Å². The Labute approximate surface area is 111 Å². The highest BCUT2D eigenvalue weighted by molar-refractivity contribution is 6.31. The Kier molecular flexibility index (Phi) is 6.49. The van der Waals surface area contributed by atoms with Crippen LogP contribution in [0.4, 0.5) is 5.69 Å². The average Bonchev–Trinajstić information content (AvgIpc) is 2.35. The number of carbonyl (C=O) groups is 1. The van der Waals surface area contributed by atoms with E-state index < -0.39 is 0 Å². The van der Waals surface area contributed by atoms with Crippen molar-refractivity contribution in [1.29, 1.82) is 0 Å². The molecule has 6 heteroatoms. The highest BCUT2D eigenvalue weighted by Gasteiger charge is 2.08. The molecule has 1 amide bonds. The van der Waals surface area contributed by atoms with Crippen molar-refractivity contribution >= 4 is 23.2 Å². The summed E-state index contributed by atoms with van der Waals surface area (Å²) in [5.41, 5.74) is 0.519. The zero-order valence-electron chi connectivity index (χ0n) is 10.4. The molecule has 1 aromatic rings. The fraction of sp³-hybridized carbons (Fsp3) is 0.417. The zero-order valence-corrected chi connectivity index (χ0v) is 11.1. The lowest BCUT2D eigenvalue weighted by atomic mass is 10.3. The van der Waals surface area contributed by atoms with Gasteiger partial charge in [0.05, 0.1) is 26.0 Å². The number of halogens is 1. The lowest BCUT2D eigenvalue weighted by Gasteiger charge is -2.10. The molecule has 0 radical (unpaired) electrons. The molecule has 100 valence electrons. The summed E-state index contributed by atoms with van der Waals surface area (Å²) in [6, 6.07) is 4.99. The second-order valence-electron chi connectivity index (χ2n) is 3.44. The predicted molar refractivity (Wildman–Crippen MR) is 69.3 cm³/mol. The Bertz CT molecular complexity index is 398. The fourth-order valence-electron chi connectivity index (χ4n) is 1.27. The minimum absolute atomic E-state index is 0.0426. The van der Waals surface area contributed by atoms with E-state index in [1.165, 1.54) is 7.11 Å². The van der Waals surface area contributed by atoms with Crippen molar-refractivity contribution in [2.24, 2.45) is 0 Å². The van der Waals surface area contributed by atoms with E-state index in [-0.39, 0.29) is 12.5 Å². The van der Waals surface area contributed by atoms with Crippen LogP contribution in [0.3, 0.4) is 0 Å². The van der Waals surface area contributed by atoms with Crippen molar-refractivity contribution < 1.29 is 19.0 Å². The van der Waals surface area contributed by atoms with Crippen molar-refractivity contribution in [3.05, 3.63) is 23.2 Å². The fourth-order valence-corrected chi connectivity index (χ4v) is 1.44. The molecule has 0 aliphatic carbocycles. The Morgan fingerprint density at radius 3 is 2.78 bits per heavy atom. The van der Waals surface area contributed by atoms with E-state index in [1.807, 2.05) is 0 Å². The largest absolute Gasteiger partial charge is 0.495 e. The summed E-state index contributed by atoms with van der Waals surface area (Å²) < 4.78 is 15.0. The Balaban J connectivity index is 2.50. The number of rotatable bonds is 7. The van der Waals surface area contributed by atoms with Gasteiger partial charge in [0.1, 0.15) is 12.4 Å². The van der Waals surface area contributed by atoms with Crippen LogP contribution in [-0.4, -0.2) is 39.9 Å². The van der Waals surface area contributed by atoms with E-state index >= 15 is 0 Å². The molecule has 1 N–H and O–H groups in total. The summed E-state index contributed by atoms with van der Waals surface area (Å²) in [6.45, 7) is 0.781. The first-order chi connectivity index (χ1) is 8.67. The van der Waals surface area contributed by atoms with Crippen LogP contribution in [0.1, 0.15) is 0 Å². The highest BCUT2D eigenvalue weighted by atomic mass is 35.5. The van der Waals surface area contributed by atoms with Crippen LogP contribution >= 0.6 is 11.6 Å². The molecule has 0 atom stereocenters. The van der Waals surface area contributed by atoms with Gasteiger partial charge in [-0.25, -0.2) is 0 Å². The molecule has 0 aliphatic heterocycles. The molecule has 18 heavy (non-hydrogen) atoms. The van der Waals surface area contributed by atoms with Crippen LogP contribution in [-0.2, 0) is 14.3 Å². The molecule has 0 saturated heterocycles. The lowest BCUT2D eigenvalue weighted by molar-refractivity contribution is -0.121. The van der Waals surface area contributed by atoms with Crippen molar-refractivity contribution in [1.82, 2.24) is 0 Å². The Morgan fingerprint density at radius 2 is 2.11 bits per heavy atom. The van der Waals surface area contributed by atoms with Gasteiger partial charge in [-0.2, -0.15) is 0 Å². The number of methoxy groups -OCH3 is 2. The first-order valence-corrected chi connectivity index (χ1v) is 5.75. The Hall–Kier alpha value is -1.30. The van der Waals surface area contributed by atoms with Gasteiger partial charge in [-0.3, -0.25) is 4.79 Å². The maximum Gasteiger partial charge on any atom is 0.250 e. The zero-order chi connectivity index (χ0) is 13.4. The van der Waals surface area contributed by atoms with E-state index in [1.54, 1.807) is 25.3 Å². The van der Waals surface area contributed by atoms with Gasteiger partial charge in [0.25, 0.3) is 0 Å². The summed E-state index contributed by atoms with van der Waals surface area (Å²) in [5.74, 6) is 0.274. The third-order valence-electron chi connectivity index (χ3n) is 2.10. The summed E-state index contributed by atoms with van der Waals surface area (Å²) in [4.78, 5) is 11.6. The van der Waals surface area contributed by atoms with Crippen LogP contribution in [0.2, 0.25) is 5.02 Å². The molecule has 0 bridgehead atoms. The van der Waals surface area contributed by atoms with E-state index in [4.69, 9.17) is 25.8 Å². The molecule has 0 fully saturated rings. The normalized spacial score (nSPS) is 10.2. The predicted octanol–water partition coefficient (Wildman–Crippen LogP) is 1.95. The quantitative estimate of drug-likeness (QED) is 0.772. The average molecular weight is 274 g/mol. The molecule has 0 unspecified atom stereocenters. The number of nitrogens with one attached hydrogen (secondary N) is 1. The van der Waals surface area contributed by atoms with Crippen LogP contribution < -0.4 is 10.1 Å². The maximum atomic E-state index is 11.6. The topological polar surface area (TPSA) is 56.8 Å². The third kappa shape index (κ3) is 4.91. The van der Waals surface area contributed by atoms with Gasteiger partial charge >= 0.3 is 0 Å². The van der Waals surface area contributed by atoms with Crippen LogP contribution in [0.15, 0.2) is 18.2 Å². The summed E-state index contributed by atoms with van der Waals surface area (Å²) >= 11 is 5.85. The molecule has 0 heterocycles. The SMILES string of the molecule is COCCOCC(=O)Nc1cc(Cl)ccc1OC. The number of ether oxygens (including phenoxy) is 3. The van der Waals surface area contributed by atoms with Gasteiger partial charge < -0.3 is 19.5 Å². The number of hydrogen-bond acceptors (Lipinski definition) is 4. The molecule has 0 spiro atoms. The maximum absolute atomic E-state index is 11.6. The van der Waals surface area contributed by atoms with Crippen LogP contribution in [0.25, 0.3) is 0 Å². The third-order valence-corrected chi connectivity index (χ3v) is 2.34. The first-order valence-electron chi connectivity index (χ1n) is 5.37. The van der Waals surface area contributed by atoms with Gasteiger partial charge in [0, 0.05) is 12.1 Å². The number of hydrogen-bond donors (Lipinski definition) is 1. The Morgan fingerprint density at radius 1 is 1.33 bits per heavy atom. The minimum atomic E-state index is -0.272. The summed E-state index contributed by atoms with van der Waals surface area (Å²) in [5, 5.41) is 3.18. The van der Waals surface area contributed by atoms with Crippen molar-refractivity contribution in [3.8, 4) is 5.75 Å². The van der Waals surface area contributed by atoms with Crippen molar-refractivity contribution in [2.75, 3.05) is 39.4 Å². The number of benzene rings is 1. The van der Waals surface area contributed by atoms with Gasteiger partial charge in [-0.05, 0) is 18.2 Å². The van der Waals surface area contributed by atoms with Crippen molar-refractivity contribution in [3.63, 3.8) is 0 Å². The van der Waals surface area contributed by atoms with Gasteiger partial charge in [0.15, 0.2) is 0 Å². The van der Waals surface area contributed by atoms with Crippen LogP contribution in [0, 0.1) is 0 Å². The number of amides is 1. The number of anilines is 1. The second-order valence-corrected chi connectivity index (χ2v) is 3.87. The first kappa shape index (κ1) is 14.8. The number of carbonyl (C=O) groups excluding carboxylic acids is 1. The van der Waals surface area contributed by atoms with Gasteiger partial charge in [-0.15, -0.1) is 0 Å². The molecule has 1 aromatic carbocycles. The molecule has 1 rings (SSSR count). The second kappa shape index (κ2) is 7.92. The molecule has 0 aromatic heterocycles. The van der Waals surface area contributed by atoms with E-state index in [0.29, 0.717) is 29.7 Å². The lowest BCUT2D eigenvalue weighted by Crippen LogP contribution is -2.20. The van der Waals surface area contributed by atoms with Crippen molar-refractivity contribution in [2.45, 2.75) is 0 Å². The molecule has 0 saturated carbocycles. The van der Waals surface area contributed by atoms with Gasteiger partial charge in [-0.1, -0.05) is 11.6 Å². The summed E-state index contributed by atoms with van der Waals surface area (Å²) in [7, 11) is 3.09. The monoisotopic (exact) mass is 273 g/mol. The summed E-state index contributed by atoms with van der Waals surface area (Å²) in [6.07, 6.45) is 0.